The lowest BCUT2D eigenvalue weighted by molar-refractivity contribution is 0.487. The van der Waals surface area contributed by atoms with Crippen LogP contribution in [0.2, 0.25) is 5.02 Å². The highest BCUT2D eigenvalue weighted by Crippen LogP contribution is 2.30. The lowest BCUT2D eigenvalue weighted by Crippen LogP contribution is -1.96. The monoisotopic (exact) mass is 284 g/mol. The Bertz CT molecular complexity index is 758. The van der Waals surface area contributed by atoms with Crippen LogP contribution in [0.1, 0.15) is 5.56 Å². The first-order valence-electron chi connectivity index (χ1n) is 6.27. The summed E-state index contributed by atoms with van der Waals surface area (Å²) in [4.78, 5) is 4.29. The van der Waals surface area contributed by atoms with Crippen LogP contribution in [0.5, 0.6) is 11.5 Å². The summed E-state index contributed by atoms with van der Waals surface area (Å²) in [7, 11) is 0. The van der Waals surface area contributed by atoms with Gasteiger partial charge in [-0.25, -0.2) is 0 Å². The maximum Gasteiger partial charge on any atom is 0.138 e. The summed E-state index contributed by atoms with van der Waals surface area (Å²) in [6.07, 6.45) is 1.71. The van der Waals surface area contributed by atoms with Crippen molar-refractivity contribution in [2.45, 2.75) is 6.54 Å². The molecule has 0 unspecified atom stereocenters. The Balaban J connectivity index is 2.02. The Morgan fingerprint density at radius 2 is 2.00 bits per heavy atom. The lowest BCUT2D eigenvalue weighted by atomic mass is 10.2. The third-order valence-electron chi connectivity index (χ3n) is 3.03. The predicted molar refractivity (Wildman–Crippen MR) is 81.2 cm³/mol. The molecular weight excluding hydrogens is 272 g/mol. The molecule has 4 heteroatoms. The van der Waals surface area contributed by atoms with Crippen molar-refractivity contribution in [3.05, 3.63) is 65.3 Å². The SMILES string of the molecule is NCc1cccc(Oc2ccnc3cc(Cl)ccc23)c1. The Hall–Kier alpha value is -2.10. The number of benzene rings is 2. The fraction of sp³-hybridized carbons (Fsp3) is 0.0625. The highest BCUT2D eigenvalue weighted by atomic mass is 35.5. The van der Waals surface area contributed by atoms with E-state index in [1.165, 1.54) is 0 Å². The van der Waals surface area contributed by atoms with Crippen molar-refractivity contribution in [1.29, 1.82) is 0 Å². The Morgan fingerprint density at radius 1 is 1.10 bits per heavy atom. The second-order valence-electron chi connectivity index (χ2n) is 4.42. The number of nitrogens with zero attached hydrogens (tertiary/aromatic N) is 1. The second kappa shape index (κ2) is 5.49. The molecule has 2 N–H and O–H groups in total. The Labute approximate surface area is 122 Å². The van der Waals surface area contributed by atoms with E-state index in [1.807, 2.05) is 48.5 Å². The third kappa shape index (κ3) is 2.59. The standard InChI is InChI=1S/C16H13ClN2O/c17-12-4-5-14-15(9-12)19-7-6-16(14)20-13-3-1-2-11(8-13)10-18/h1-9H,10,18H2. The molecule has 2 aromatic carbocycles. The number of hydrogen-bond acceptors (Lipinski definition) is 3. The summed E-state index contributed by atoms with van der Waals surface area (Å²) in [6, 6.07) is 15.1. The van der Waals surface area contributed by atoms with Crippen molar-refractivity contribution >= 4 is 22.5 Å². The molecule has 3 aromatic rings. The van der Waals surface area contributed by atoms with Crippen molar-refractivity contribution in [3.63, 3.8) is 0 Å². The maximum atomic E-state index is 5.98. The molecule has 3 nitrogen and oxygen atoms in total. The first-order valence-corrected chi connectivity index (χ1v) is 6.65. The normalized spacial score (nSPS) is 10.7. The molecule has 0 radical (unpaired) electrons. The van der Waals surface area contributed by atoms with Gasteiger partial charge in [-0.15, -0.1) is 0 Å². The summed E-state index contributed by atoms with van der Waals surface area (Å²) in [5.74, 6) is 1.51. The van der Waals surface area contributed by atoms with Gasteiger partial charge in [-0.2, -0.15) is 0 Å². The highest BCUT2D eigenvalue weighted by Gasteiger charge is 2.05. The number of aromatic nitrogens is 1. The fourth-order valence-corrected chi connectivity index (χ4v) is 2.21. The van der Waals surface area contributed by atoms with Crippen LogP contribution >= 0.6 is 11.6 Å². The van der Waals surface area contributed by atoms with Crippen LogP contribution in [-0.4, -0.2) is 4.98 Å². The summed E-state index contributed by atoms with van der Waals surface area (Å²) in [6.45, 7) is 0.490. The Kier molecular flexibility index (Phi) is 3.54. The van der Waals surface area contributed by atoms with Crippen molar-refractivity contribution in [2.24, 2.45) is 5.73 Å². The van der Waals surface area contributed by atoms with Gasteiger partial charge in [0.15, 0.2) is 0 Å². The van der Waals surface area contributed by atoms with E-state index in [4.69, 9.17) is 22.1 Å². The van der Waals surface area contributed by atoms with E-state index in [9.17, 15) is 0 Å². The molecule has 20 heavy (non-hydrogen) atoms. The molecule has 0 aliphatic rings. The van der Waals surface area contributed by atoms with Crippen molar-refractivity contribution in [1.82, 2.24) is 4.98 Å². The molecule has 0 amide bonds. The molecule has 1 heterocycles. The van der Waals surface area contributed by atoms with Gasteiger partial charge in [0.1, 0.15) is 11.5 Å². The number of fused-ring (bicyclic) bond motifs is 1. The maximum absolute atomic E-state index is 5.98. The van der Waals surface area contributed by atoms with Gasteiger partial charge >= 0.3 is 0 Å². The molecular formula is C16H13ClN2O. The van der Waals surface area contributed by atoms with Gasteiger partial charge in [0.25, 0.3) is 0 Å². The minimum Gasteiger partial charge on any atom is -0.457 e. The number of nitrogens with two attached hydrogens (primary N) is 1. The molecule has 100 valence electrons. The minimum atomic E-state index is 0.490. The number of hydrogen-bond donors (Lipinski definition) is 1. The van der Waals surface area contributed by atoms with Crippen LogP contribution in [-0.2, 0) is 6.54 Å². The number of ether oxygens (including phenoxy) is 1. The smallest absolute Gasteiger partial charge is 0.138 e. The number of pyridine rings is 1. The summed E-state index contributed by atoms with van der Waals surface area (Å²) in [5, 5.41) is 1.59. The van der Waals surface area contributed by atoms with Crippen LogP contribution in [0, 0.1) is 0 Å². The van der Waals surface area contributed by atoms with E-state index in [2.05, 4.69) is 4.98 Å². The summed E-state index contributed by atoms with van der Waals surface area (Å²) >= 11 is 5.98. The van der Waals surface area contributed by atoms with Gasteiger partial charge in [0, 0.05) is 23.2 Å². The van der Waals surface area contributed by atoms with Gasteiger partial charge in [-0.1, -0.05) is 23.7 Å². The molecule has 1 aromatic heterocycles. The average molecular weight is 285 g/mol. The molecule has 0 spiro atoms. The lowest BCUT2D eigenvalue weighted by Gasteiger charge is -2.09. The topological polar surface area (TPSA) is 48.1 Å². The van der Waals surface area contributed by atoms with Crippen LogP contribution in [0.4, 0.5) is 0 Å². The van der Waals surface area contributed by atoms with Gasteiger partial charge in [-0.05, 0) is 42.0 Å². The minimum absolute atomic E-state index is 0.490. The zero-order chi connectivity index (χ0) is 13.9. The van der Waals surface area contributed by atoms with Gasteiger partial charge in [-0.3, -0.25) is 4.98 Å². The molecule has 0 saturated carbocycles. The van der Waals surface area contributed by atoms with E-state index in [-0.39, 0.29) is 0 Å². The third-order valence-corrected chi connectivity index (χ3v) is 3.26. The first kappa shape index (κ1) is 12.9. The quantitative estimate of drug-likeness (QED) is 0.786. The zero-order valence-electron chi connectivity index (χ0n) is 10.7. The van der Waals surface area contributed by atoms with Crippen LogP contribution < -0.4 is 10.5 Å². The van der Waals surface area contributed by atoms with Gasteiger partial charge < -0.3 is 10.5 Å². The highest BCUT2D eigenvalue weighted by molar-refractivity contribution is 6.31. The molecule has 0 saturated heterocycles. The number of rotatable bonds is 3. The summed E-state index contributed by atoms with van der Waals surface area (Å²) < 4.78 is 5.94. The number of halogens is 1. The molecule has 0 bridgehead atoms. The van der Waals surface area contributed by atoms with E-state index < -0.39 is 0 Å². The molecule has 0 aliphatic carbocycles. The largest absolute Gasteiger partial charge is 0.457 e. The first-order chi connectivity index (χ1) is 9.76. The van der Waals surface area contributed by atoms with Crippen LogP contribution in [0.3, 0.4) is 0 Å². The van der Waals surface area contributed by atoms with Gasteiger partial charge in [0.2, 0.25) is 0 Å². The fourth-order valence-electron chi connectivity index (χ4n) is 2.05. The van der Waals surface area contributed by atoms with Gasteiger partial charge in [0.05, 0.1) is 5.52 Å². The Morgan fingerprint density at radius 3 is 2.85 bits per heavy atom. The van der Waals surface area contributed by atoms with Crippen molar-refractivity contribution in [2.75, 3.05) is 0 Å². The summed E-state index contributed by atoms with van der Waals surface area (Å²) in [5.41, 5.74) is 7.48. The van der Waals surface area contributed by atoms with E-state index in [0.717, 1.165) is 28.0 Å². The van der Waals surface area contributed by atoms with Crippen LogP contribution in [0.25, 0.3) is 10.9 Å². The average Bonchev–Trinajstić information content (AvgIpc) is 2.47. The van der Waals surface area contributed by atoms with Crippen LogP contribution in [0.15, 0.2) is 54.7 Å². The molecule has 0 fully saturated rings. The van der Waals surface area contributed by atoms with Crippen molar-refractivity contribution in [3.8, 4) is 11.5 Å². The molecule has 3 rings (SSSR count). The molecule has 0 atom stereocenters. The van der Waals surface area contributed by atoms with E-state index in [1.54, 1.807) is 6.20 Å². The predicted octanol–water partition coefficient (Wildman–Crippen LogP) is 4.14. The van der Waals surface area contributed by atoms with E-state index in [0.29, 0.717) is 11.6 Å². The van der Waals surface area contributed by atoms with Crippen molar-refractivity contribution < 1.29 is 4.74 Å². The zero-order valence-corrected chi connectivity index (χ0v) is 11.5. The molecule has 0 aliphatic heterocycles. The van der Waals surface area contributed by atoms with E-state index >= 15 is 0 Å². The second-order valence-corrected chi connectivity index (χ2v) is 4.86.